The Morgan fingerprint density at radius 3 is 2.57 bits per heavy atom. The van der Waals surface area contributed by atoms with Crippen LogP contribution in [0.15, 0.2) is 51.0 Å². The van der Waals surface area contributed by atoms with Crippen LogP contribution < -0.4 is 5.49 Å². The lowest BCUT2D eigenvalue weighted by Gasteiger charge is -2.15. The summed E-state index contributed by atoms with van der Waals surface area (Å²) in [5.41, 5.74) is -0.0728. The topological polar surface area (TPSA) is 65.5 Å². The fraction of sp³-hybridized carbons (Fsp3) is 0.0714. The predicted octanol–water partition coefficient (Wildman–Crippen LogP) is 4.12. The highest BCUT2D eigenvalue weighted by atomic mass is 32.2. The minimum Gasteiger partial charge on any atom is -0.282 e. The average molecular weight is 354 g/mol. The molecule has 118 valence electrons. The van der Waals surface area contributed by atoms with Gasteiger partial charge < -0.3 is 0 Å². The second-order valence-corrected chi connectivity index (χ2v) is 6.71. The van der Waals surface area contributed by atoms with E-state index in [4.69, 9.17) is 10.8 Å². The molecule has 0 saturated heterocycles. The number of nitrogens with zero attached hydrogens (tertiary/aromatic N) is 2. The molecule has 3 aromatic rings. The number of hydrogen-bond donors (Lipinski definition) is 2. The van der Waals surface area contributed by atoms with Gasteiger partial charge in [-0.15, -0.1) is 11.3 Å². The molecule has 2 heterocycles. The van der Waals surface area contributed by atoms with Gasteiger partial charge in [-0.25, -0.2) is 4.98 Å². The molecule has 0 spiro atoms. The Bertz CT molecular complexity index is 929. The van der Waals surface area contributed by atoms with Gasteiger partial charge in [0.2, 0.25) is 5.84 Å². The molecule has 2 N–H and O–H groups in total. The van der Waals surface area contributed by atoms with Gasteiger partial charge in [-0.1, -0.05) is 30.0 Å². The molecule has 23 heavy (non-hydrogen) atoms. The molecule has 0 saturated carbocycles. The summed E-state index contributed by atoms with van der Waals surface area (Å²) in [4.78, 5) is 4.27. The lowest BCUT2D eigenvalue weighted by molar-refractivity contribution is -0.0624. The van der Waals surface area contributed by atoms with Gasteiger partial charge in [0.15, 0.2) is 5.49 Å². The monoisotopic (exact) mass is 354 g/mol. The van der Waals surface area contributed by atoms with Crippen LogP contribution in [0.4, 0.5) is 13.2 Å². The quantitative estimate of drug-likeness (QED) is 0.537. The minimum atomic E-state index is -4.85. The molecule has 0 unspecified atom stereocenters. The second-order valence-electron chi connectivity index (χ2n) is 4.47. The number of halogens is 3. The average Bonchev–Trinajstić information content (AvgIpc) is 3.00. The van der Waals surface area contributed by atoms with E-state index in [-0.39, 0.29) is 10.5 Å². The highest BCUT2D eigenvalue weighted by Gasteiger charge is 2.37. The van der Waals surface area contributed by atoms with Crippen LogP contribution in [0.3, 0.4) is 0 Å². The Morgan fingerprint density at radius 2 is 1.91 bits per heavy atom. The molecule has 0 amide bonds. The molecular weight excluding hydrogens is 345 g/mol. The number of thiophene rings is 1. The standard InChI is InChI=1S/C14H9F3N4S2/c15-14(16,17)13(19)21-9-5-2-1-4-8(9)20-12(11(21)18)23-10-6-3-7-22-10/h1-7,18-19H. The van der Waals surface area contributed by atoms with Crippen LogP contribution in [0.2, 0.25) is 0 Å². The van der Waals surface area contributed by atoms with E-state index in [1.54, 1.807) is 24.3 Å². The summed E-state index contributed by atoms with van der Waals surface area (Å²) in [7, 11) is 0. The molecule has 0 aliphatic carbocycles. The third kappa shape index (κ3) is 3.02. The molecule has 0 radical (unpaired) electrons. The SMILES string of the molecule is N=C(n1c(=N)c(Sc2cccs2)nc2ccccc21)C(F)(F)F. The van der Waals surface area contributed by atoms with Gasteiger partial charge >= 0.3 is 6.18 Å². The van der Waals surface area contributed by atoms with E-state index in [1.165, 1.54) is 17.4 Å². The molecule has 2 aromatic heterocycles. The van der Waals surface area contributed by atoms with E-state index in [9.17, 15) is 13.2 Å². The number of aromatic nitrogens is 2. The van der Waals surface area contributed by atoms with Gasteiger partial charge in [0.05, 0.1) is 15.2 Å². The van der Waals surface area contributed by atoms with E-state index in [0.29, 0.717) is 10.1 Å². The van der Waals surface area contributed by atoms with Gasteiger partial charge in [0, 0.05) is 0 Å². The van der Waals surface area contributed by atoms with Crippen LogP contribution >= 0.6 is 23.1 Å². The normalized spacial score (nSPS) is 11.8. The second kappa shape index (κ2) is 5.82. The number of nitrogens with one attached hydrogen (secondary N) is 2. The van der Waals surface area contributed by atoms with Gasteiger partial charge in [-0.3, -0.25) is 15.4 Å². The minimum absolute atomic E-state index is 0.0790. The van der Waals surface area contributed by atoms with Gasteiger partial charge in [-0.2, -0.15) is 13.2 Å². The summed E-state index contributed by atoms with van der Waals surface area (Å²) in [6.45, 7) is 0. The summed E-state index contributed by atoms with van der Waals surface area (Å²) in [6.07, 6.45) is -4.85. The van der Waals surface area contributed by atoms with Crippen molar-refractivity contribution < 1.29 is 13.2 Å². The maximum Gasteiger partial charge on any atom is 0.449 e. The van der Waals surface area contributed by atoms with Crippen LogP contribution in [0.1, 0.15) is 0 Å². The van der Waals surface area contributed by atoms with Crippen LogP contribution in [-0.2, 0) is 0 Å². The summed E-state index contributed by atoms with van der Waals surface area (Å²) >= 11 is 2.52. The molecular formula is C14H9F3N4S2. The maximum absolute atomic E-state index is 13.0. The fourth-order valence-corrected chi connectivity index (χ4v) is 3.69. The van der Waals surface area contributed by atoms with E-state index in [2.05, 4.69) is 4.98 Å². The molecule has 0 aliphatic heterocycles. The van der Waals surface area contributed by atoms with E-state index < -0.39 is 17.5 Å². The van der Waals surface area contributed by atoms with Crippen molar-refractivity contribution in [1.29, 1.82) is 10.8 Å². The van der Waals surface area contributed by atoms with Crippen LogP contribution in [-0.4, -0.2) is 21.6 Å². The zero-order valence-electron chi connectivity index (χ0n) is 11.4. The molecule has 0 bridgehead atoms. The first-order chi connectivity index (χ1) is 10.9. The summed E-state index contributed by atoms with van der Waals surface area (Å²) < 4.78 is 40.4. The van der Waals surface area contributed by atoms with E-state index >= 15 is 0 Å². The number of para-hydroxylation sites is 2. The Hall–Kier alpha value is -2.13. The van der Waals surface area contributed by atoms with Gasteiger partial charge in [0.25, 0.3) is 0 Å². The van der Waals surface area contributed by atoms with E-state index in [0.717, 1.165) is 16.0 Å². The van der Waals surface area contributed by atoms with Crippen LogP contribution in [0, 0.1) is 10.8 Å². The first kappa shape index (κ1) is 15.8. The molecule has 4 nitrogen and oxygen atoms in total. The maximum atomic E-state index is 13.0. The number of alkyl halides is 3. The van der Waals surface area contributed by atoms with Crippen molar-refractivity contribution in [2.45, 2.75) is 15.4 Å². The van der Waals surface area contributed by atoms with Crippen molar-refractivity contribution in [3.05, 3.63) is 47.3 Å². The van der Waals surface area contributed by atoms with Crippen molar-refractivity contribution in [3.8, 4) is 0 Å². The lowest BCUT2D eigenvalue weighted by Crippen LogP contribution is -2.38. The van der Waals surface area contributed by atoms with E-state index in [1.807, 2.05) is 11.4 Å². The Kier molecular flexibility index (Phi) is 3.99. The molecule has 0 atom stereocenters. The summed E-state index contributed by atoms with van der Waals surface area (Å²) in [6, 6.07) is 9.79. The third-order valence-electron chi connectivity index (χ3n) is 2.96. The van der Waals surface area contributed by atoms with Crippen molar-refractivity contribution >= 4 is 40.0 Å². The molecule has 0 aliphatic rings. The summed E-state index contributed by atoms with van der Waals surface area (Å²) in [5, 5.41) is 17.5. The van der Waals surface area contributed by atoms with Gasteiger partial charge in [-0.05, 0) is 23.6 Å². The van der Waals surface area contributed by atoms with Crippen molar-refractivity contribution in [3.63, 3.8) is 0 Å². The van der Waals surface area contributed by atoms with Gasteiger partial charge in [0.1, 0.15) is 5.03 Å². The fourth-order valence-electron chi connectivity index (χ4n) is 1.97. The number of fused-ring (bicyclic) bond motifs is 1. The molecule has 1 aromatic carbocycles. The highest BCUT2D eigenvalue weighted by molar-refractivity contribution is 8.01. The van der Waals surface area contributed by atoms with Crippen LogP contribution in [0.5, 0.6) is 0 Å². The van der Waals surface area contributed by atoms with Crippen molar-refractivity contribution in [2.24, 2.45) is 0 Å². The summed E-state index contributed by atoms with van der Waals surface area (Å²) in [5.74, 6) is -1.60. The lowest BCUT2D eigenvalue weighted by atomic mass is 10.3. The first-order valence-corrected chi connectivity index (χ1v) is 8.01. The number of benzene rings is 1. The smallest absolute Gasteiger partial charge is 0.282 e. The Balaban J connectivity index is 2.26. The largest absolute Gasteiger partial charge is 0.449 e. The third-order valence-corrected chi connectivity index (χ3v) is 4.97. The van der Waals surface area contributed by atoms with Crippen LogP contribution in [0.25, 0.3) is 11.0 Å². The number of hydrogen-bond acceptors (Lipinski definition) is 5. The number of rotatable bonds is 2. The Morgan fingerprint density at radius 1 is 1.17 bits per heavy atom. The van der Waals surface area contributed by atoms with Crippen molar-refractivity contribution in [1.82, 2.24) is 9.55 Å². The van der Waals surface area contributed by atoms with Crippen molar-refractivity contribution in [2.75, 3.05) is 0 Å². The zero-order chi connectivity index (χ0) is 16.6. The molecule has 0 fully saturated rings. The first-order valence-electron chi connectivity index (χ1n) is 6.32. The zero-order valence-corrected chi connectivity index (χ0v) is 13.0. The molecule has 9 heteroatoms. The Labute approximate surface area is 136 Å². The highest BCUT2D eigenvalue weighted by Crippen LogP contribution is 2.29. The predicted molar refractivity (Wildman–Crippen MR) is 83.2 cm³/mol. The molecule has 3 rings (SSSR count).